The van der Waals surface area contributed by atoms with E-state index in [0.29, 0.717) is 31.1 Å². The number of rotatable bonds is 9. The second-order valence-electron chi connectivity index (χ2n) is 7.36. The maximum Gasteiger partial charge on any atom is 0.326 e. The van der Waals surface area contributed by atoms with Crippen molar-refractivity contribution >= 4 is 11.9 Å². The highest BCUT2D eigenvalue weighted by molar-refractivity contribution is 6.07. The van der Waals surface area contributed by atoms with Crippen LogP contribution in [-0.2, 0) is 16.9 Å². The summed E-state index contributed by atoms with van der Waals surface area (Å²) in [6, 6.07) is 14.8. The third-order valence-corrected chi connectivity index (χ3v) is 5.34. The monoisotopic (exact) mass is 411 g/mol. The lowest BCUT2D eigenvalue weighted by atomic mass is 9.87. The zero-order valence-electron chi connectivity index (χ0n) is 18.0. The number of nitrogens with zero attached hydrogens (tertiary/aromatic N) is 2. The van der Waals surface area contributed by atoms with Crippen molar-refractivity contribution in [3.8, 4) is 11.5 Å². The topological polar surface area (TPSA) is 71.1 Å². The average molecular weight is 412 g/mol. The molecule has 2 aromatic rings. The van der Waals surface area contributed by atoms with Crippen molar-refractivity contribution in [3.63, 3.8) is 0 Å². The van der Waals surface area contributed by atoms with Gasteiger partial charge in [0, 0.05) is 6.54 Å². The maximum absolute atomic E-state index is 13.3. The van der Waals surface area contributed by atoms with Crippen LogP contribution in [0.1, 0.15) is 31.4 Å². The summed E-state index contributed by atoms with van der Waals surface area (Å²) in [5, 5.41) is 2.92. The van der Waals surface area contributed by atoms with Crippen LogP contribution in [0.15, 0.2) is 48.5 Å². The molecule has 0 saturated carbocycles. The Kier molecular flexibility index (Phi) is 6.62. The van der Waals surface area contributed by atoms with Crippen LogP contribution in [0.2, 0.25) is 0 Å². The molecule has 3 amide bonds. The first kappa shape index (κ1) is 21.6. The molecule has 0 unspecified atom stereocenters. The molecule has 30 heavy (non-hydrogen) atoms. The number of carbonyl (C=O) groups is 2. The summed E-state index contributed by atoms with van der Waals surface area (Å²) in [6.07, 6.45) is 0.484. The predicted octanol–water partition coefficient (Wildman–Crippen LogP) is 3.34. The fraction of sp³-hybridized carbons (Fsp3) is 0.391. The summed E-state index contributed by atoms with van der Waals surface area (Å²) in [5.74, 6) is 1.13. The van der Waals surface area contributed by atoms with Gasteiger partial charge in [0.05, 0.1) is 20.4 Å². The van der Waals surface area contributed by atoms with Gasteiger partial charge in [-0.2, -0.15) is 0 Å². The van der Waals surface area contributed by atoms with Crippen LogP contribution in [0, 0.1) is 0 Å². The van der Waals surface area contributed by atoms with Crippen molar-refractivity contribution in [3.05, 3.63) is 59.7 Å². The van der Waals surface area contributed by atoms with Gasteiger partial charge in [-0.25, -0.2) is 9.69 Å². The second-order valence-corrected chi connectivity index (χ2v) is 7.36. The van der Waals surface area contributed by atoms with E-state index in [1.165, 1.54) is 4.90 Å². The summed E-state index contributed by atoms with van der Waals surface area (Å²) in [6.45, 7) is 5.12. The maximum atomic E-state index is 13.3. The number of urea groups is 1. The number of methoxy groups -OCH3 is 1. The first-order chi connectivity index (χ1) is 14.4. The Morgan fingerprint density at radius 1 is 1.07 bits per heavy atom. The second kappa shape index (κ2) is 9.17. The van der Waals surface area contributed by atoms with E-state index in [0.717, 1.165) is 11.1 Å². The Hall–Kier alpha value is -3.06. The van der Waals surface area contributed by atoms with Gasteiger partial charge in [0.15, 0.2) is 11.5 Å². The van der Waals surface area contributed by atoms with Crippen molar-refractivity contribution < 1.29 is 19.1 Å². The van der Waals surface area contributed by atoms with E-state index < -0.39 is 5.54 Å². The predicted molar refractivity (Wildman–Crippen MR) is 114 cm³/mol. The van der Waals surface area contributed by atoms with Gasteiger partial charge in [-0.05, 0) is 43.7 Å². The zero-order valence-corrected chi connectivity index (χ0v) is 18.0. The lowest BCUT2D eigenvalue weighted by Crippen LogP contribution is -2.44. The van der Waals surface area contributed by atoms with Gasteiger partial charge < -0.3 is 14.8 Å². The number of hydrogen-bond donors (Lipinski definition) is 1. The van der Waals surface area contributed by atoms with Crippen LogP contribution >= 0.6 is 0 Å². The summed E-state index contributed by atoms with van der Waals surface area (Å²) < 4.78 is 11.0. The van der Waals surface area contributed by atoms with Crippen LogP contribution in [0.25, 0.3) is 0 Å². The normalized spacial score (nSPS) is 18.6. The van der Waals surface area contributed by atoms with Gasteiger partial charge in [-0.1, -0.05) is 43.3 Å². The molecular weight excluding hydrogens is 382 g/mol. The molecule has 1 aliphatic heterocycles. The summed E-state index contributed by atoms with van der Waals surface area (Å²) in [4.78, 5) is 29.1. The fourth-order valence-corrected chi connectivity index (χ4v) is 3.80. The third-order valence-electron chi connectivity index (χ3n) is 5.34. The molecule has 0 aromatic heterocycles. The minimum Gasteiger partial charge on any atom is -0.493 e. The van der Waals surface area contributed by atoms with Crippen LogP contribution in [0.4, 0.5) is 4.79 Å². The molecule has 2 aromatic carbocycles. The molecule has 0 aliphatic carbocycles. The minimum absolute atomic E-state index is 0.189. The number of carbonyl (C=O) groups excluding carboxylic acids is 2. The lowest BCUT2D eigenvalue weighted by molar-refractivity contribution is -0.133. The van der Waals surface area contributed by atoms with Gasteiger partial charge in [-0.3, -0.25) is 9.69 Å². The number of nitrogens with one attached hydrogen (secondary N) is 1. The average Bonchev–Trinajstić information content (AvgIpc) is 3.00. The molecule has 7 heteroatoms. The Labute approximate surface area is 177 Å². The van der Waals surface area contributed by atoms with E-state index in [-0.39, 0.29) is 18.6 Å². The largest absolute Gasteiger partial charge is 0.493 e. The molecule has 1 saturated heterocycles. The van der Waals surface area contributed by atoms with Gasteiger partial charge in [0.2, 0.25) is 0 Å². The quantitative estimate of drug-likeness (QED) is 0.641. The minimum atomic E-state index is -1.01. The molecule has 1 N–H and O–H groups in total. The van der Waals surface area contributed by atoms with E-state index in [9.17, 15) is 9.59 Å². The molecule has 1 aliphatic rings. The Bertz CT molecular complexity index is 903. The van der Waals surface area contributed by atoms with Crippen LogP contribution < -0.4 is 14.8 Å². The standard InChI is InChI=1S/C23H29N3O4/c1-5-23(18-10-8-7-9-11-18)21(27)26(22(28)24-23)16-25(3)15-17-12-13-19(30-6-2)20(14-17)29-4/h7-14H,5-6,15-16H2,1-4H3,(H,24,28)/t23-/m0/s1. The highest BCUT2D eigenvalue weighted by Gasteiger charge is 2.51. The lowest BCUT2D eigenvalue weighted by Gasteiger charge is -2.27. The Balaban J connectivity index is 1.73. The van der Waals surface area contributed by atoms with Gasteiger partial charge >= 0.3 is 6.03 Å². The van der Waals surface area contributed by atoms with Crippen molar-refractivity contribution in [1.82, 2.24) is 15.1 Å². The summed E-state index contributed by atoms with van der Waals surface area (Å²) in [7, 11) is 3.48. The number of hydrogen-bond acceptors (Lipinski definition) is 5. The van der Waals surface area contributed by atoms with Crippen molar-refractivity contribution in [2.75, 3.05) is 27.4 Å². The van der Waals surface area contributed by atoms with Crippen molar-refractivity contribution in [2.45, 2.75) is 32.4 Å². The van der Waals surface area contributed by atoms with Gasteiger partial charge in [0.1, 0.15) is 5.54 Å². The summed E-state index contributed by atoms with van der Waals surface area (Å²) >= 11 is 0. The van der Waals surface area contributed by atoms with Crippen molar-refractivity contribution in [2.24, 2.45) is 0 Å². The van der Waals surface area contributed by atoms with Gasteiger partial charge in [-0.15, -0.1) is 0 Å². The molecule has 0 bridgehead atoms. The van der Waals surface area contributed by atoms with Crippen molar-refractivity contribution in [1.29, 1.82) is 0 Å². The molecular formula is C23H29N3O4. The van der Waals surface area contributed by atoms with E-state index in [1.54, 1.807) is 7.11 Å². The third kappa shape index (κ3) is 4.11. The number of benzene rings is 2. The molecule has 7 nitrogen and oxygen atoms in total. The van der Waals surface area contributed by atoms with Crippen LogP contribution in [-0.4, -0.2) is 49.2 Å². The molecule has 0 spiro atoms. The molecule has 160 valence electrons. The first-order valence-corrected chi connectivity index (χ1v) is 10.1. The number of amides is 3. The van der Waals surface area contributed by atoms with E-state index >= 15 is 0 Å². The highest BCUT2D eigenvalue weighted by atomic mass is 16.5. The Morgan fingerprint density at radius 3 is 2.43 bits per heavy atom. The van der Waals surface area contributed by atoms with E-state index in [1.807, 2.05) is 74.3 Å². The van der Waals surface area contributed by atoms with E-state index in [4.69, 9.17) is 9.47 Å². The fourth-order valence-electron chi connectivity index (χ4n) is 3.80. The number of ether oxygens (including phenoxy) is 2. The molecule has 0 radical (unpaired) electrons. The SMILES string of the molecule is CCOc1ccc(CN(C)CN2C(=O)N[C@@](CC)(c3ccccc3)C2=O)cc1OC. The summed E-state index contributed by atoms with van der Waals surface area (Å²) in [5.41, 5.74) is 0.781. The van der Waals surface area contributed by atoms with Crippen LogP contribution in [0.5, 0.6) is 11.5 Å². The van der Waals surface area contributed by atoms with Gasteiger partial charge in [0.25, 0.3) is 5.91 Å². The number of imide groups is 1. The highest BCUT2D eigenvalue weighted by Crippen LogP contribution is 2.33. The first-order valence-electron chi connectivity index (χ1n) is 10.1. The molecule has 1 heterocycles. The molecule has 1 fully saturated rings. The Morgan fingerprint density at radius 2 is 1.80 bits per heavy atom. The zero-order chi connectivity index (χ0) is 21.7. The van der Waals surface area contributed by atoms with Crippen LogP contribution in [0.3, 0.4) is 0 Å². The van der Waals surface area contributed by atoms with E-state index in [2.05, 4.69) is 5.32 Å². The smallest absolute Gasteiger partial charge is 0.326 e. The molecule has 1 atom stereocenters. The molecule has 3 rings (SSSR count).